The maximum absolute atomic E-state index is 6.15. The highest BCUT2D eigenvalue weighted by atomic mass is 35.5. The number of methoxy groups -OCH3 is 1. The smallest absolute Gasteiger partial charge is 0.0470 e. The molecule has 2 nitrogen and oxygen atoms in total. The third-order valence-corrected chi connectivity index (χ3v) is 3.63. The summed E-state index contributed by atoms with van der Waals surface area (Å²) in [7, 11) is 1.73. The lowest BCUT2D eigenvalue weighted by atomic mass is 10.1. The molecule has 1 aromatic rings. The van der Waals surface area contributed by atoms with Crippen molar-refractivity contribution >= 4 is 23.4 Å². The Hall–Kier alpha value is -0.220. The largest absolute Gasteiger partial charge is 0.385 e. The molecule has 0 bridgehead atoms. The molecule has 0 atom stereocenters. The second-order valence-corrected chi connectivity index (χ2v) is 5.06. The van der Waals surface area contributed by atoms with Gasteiger partial charge in [0.2, 0.25) is 0 Å². The Morgan fingerprint density at radius 2 is 2.25 bits per heavy atom. The first-order valence-electron chi connectivity index (χ1n) is 5.38. The predicted molar refractivity (Wildman–Crippen MR) is 71.4 cm³/mol. The Kier molecular flexibility index (Phi) is 6.88. The van der Waals surface area contributed by atoms with Gasteiger partial charge in [-0.3, -0.25) is 0 Å². The van der Waals surface area contributed by atoms with E-state index in [1.54, 1.807) is 18.9 Å². The van der Waals surface area contributed by atoms with Crippen LogP contribution in [0.5, 0.6) is 0 Å². The van der Waals surface area contributed by atoms with Crippen LogP contribution in [0.2, 0.25) is 5.02 Å². The zero-order valence-corrected chi connectivity index (χ0v) is 11.1. The Morgan fingerprint density at radius 3 is 2.88 bits per heavy atom. The molecule has 0 heterocycles. The summed E-state index contributed by atoms with van der Waals surface area (Å²) in [6.07, 6.45) is 1.90. The van der Waals surface area contributed by atoms with Crippen molar-refractivity contribution in [2.75, 3.05) is 26.0 Å². The van der Waals surface area contributed by atoms with E-state index in [4.69, 9.17) is 22.1 Å². The van der Waals surface area contributed by atoms with Crippen molar-refractivity contribution in [2.24, 2.45) is 5.73 Å². The summed E-state index contributed by atoms with van der Waals surface area (Å²) in [5, 5.41) is 0.821. The van der Waals surface area contributed by atoms with Crippen LogP contribution in [0.4, 0.5) is 0 Å². The van der Waals surface area contributed by atoms with Crippen LogP contribution in [0, 0.1) is 0 Å². The molecule has 0 fully saturated rings. The fraction of sp³-hybridized carbons (Fsp3) is 0.500. The molecule has 0 aliphatic rings. The molecule has 0 unspecified atom stereocenters. The van der Waals surface area contributed by atoms with Crippen molar-refractivity contribution in [3.8, 4) is 0 Å². The second-order valence-electron chi connectivity index (χ2n) is 3.49. The standard InChI is InChI=1S/C12H18ClNOS/c1-15-7-2-8-16-11-4-3-10(5-6-14)12(13)9-11/h3-4,9H,2,5-8,14H2,1H3. The highest BCUT2D eigenvalue weighted by Gasteiger charge is 2.01. The average Bonchev–Trinajstić information content (AvgIpc) is 2.28. The molecule has 0 saturated carbocycles. The lowest BCUT2D eigenvalue weighted by Crippen LogP contribution is -2.03. The maximum atomic E-state index is 6.15. The normalized spacial score (nSPS) is 10.7. The monoisotopic (exact) mass is 259 g/mol. The van der Waals surface area contributed by atoms with Gasteiger partial charge in [0.1, 0.15) is 0 Å². The number of rotatable bonds is 7. The molecule has 0 amide bonds. The Labute approximate surface area is 107 Å². The van der Waals surface area contributed by atoms with Gasteiger partial charge in [-0.05, 0) is 37.1 Å². The molecule has 0 radical (unpaired) electrons. The van der Waals surface area contributed by atoms with Gasteiger partial charge in [0, 0.05) is 29.4 Å². The van der Waals surface area contributed by atoms with Gasteiger partial charge >= 0.3 is 0 Å². The molecule has 16 heavy (non-hydrogen) atoms. The van der Waals surface area contributed by atoms with Gasteiger partial charge < -0.3 is 10.5 Å². The molecule has 2 N–H and O–H groups in total. The Morgan fingerprint density at radius 1 is 1.44 bits per heavy atom. The lowest BCUT2D eigenvalue weighted by molar-refractivity contribution is 0.200. The summed E-state index contributed by atoms with van der Waals surface area (Å²) >= 11 is 7.96. The van der Waals surface area contributed by atoms with Crippen LogP contribution in [0.25, 0.3) is 0 Å². The van der Waals surface area contributed by atoms with Gasteiger partial charge in [0.15, 0.2) is 0 Å². The van der Waals surface area contributed by atoms with Crippen molar-refractivity contribution < 1.29 is 4.74 Å². The zero-order valence-electron chi connectivity index (χ0n) is 9.54. The predicted octanol–water partition coefficient (Wildman–Crippen LogP) is 2.97. The molecule has 1 rings (SSSR count). The number of benzene rings is 1. The van der Waals surface area contributed by atoms with Gasteiger partial charge in [-0.1, -0.05) is 17.7 Å². The van der Waals surface area contributed by atoms with E-state index in [9.17, 15) is 0 Å². The minimum absolute atomic E-state index is 0.639. The van der Waals surface area contributed by atoms with E-state index in [1.165, 1.54) is 4.90 Å². The van der Waals surface area contributed by atoms with Crippen molar-refractivity contribution in [1.82, 2.24) is 0 Å². The first kappa shape index (κ1) is 13.8. The van der Waals surface area contributed by atoms with E-state index in [0.29, 0.717) is 6.54 Å². The molecular formula is C12H18ClNOS. The first-order valence-corrected chi connectivity index (χ1v) is 6.74. The van der Waals surface area contributed by atoms with E-state index in [-0.39, 0.29) is 0 Å². The topological polar surface area (TPSA) is 35.2 Å². The SMILES string of the molecule is COCCCSc1ccc(CCN)c(Cl)c1. The summed E-state index contributed by atoms with van der Waals surface area (Å²) in [6.45, 7) is 1.45. The zero-order chi connectivity index (χ0) is 11.8. The van der Waals surface area contributed by atoms with Gasteiger partial charge in [0.25, 0.3) is 0 Å². The highest BCUT2D eigenvalue weighted by Crippen LogP contribution is 2.25. The van der Waals surface area contributed by atoms with Crippen LogP contribution >= 0.6 is 23.4 Å². The molecule has 90 valence electrons. The summed E-state index contributed by atoms with van der Waals surface area (Å²) < 4.78 is 5.00. The van der Waals surface area contributed by atoms with Gasteiger partial charge in [-0.25, -0.2) is 0 Å². The molecule has 1 aromatic carbocycles. The van der Waals surface area contributed by atoms with Crippen LogP contribution in [-0.2, 0) is 11.2 Å². The summed E-state index contributed by atoms with van der Waals surface area (Å²) in [6, 6.07) is 6.19. The minimum atomic E-state index is 0.639. The van der Waals surface area contributed by atoms with Crippen LogP contribution in [0.1, 0.15) is 12.0 Å². The number of hydrogen-bond donors (Lipinski definition) is 1. The minimum Gasteiger partial charge on any atom is -0.385 e. The highest BCUT2D eigenvalue weighted by molar-refractivity contribution is 7.99. The third-order valence-electron chi connectivity index (χ3n) is 2.20. The number of ether oxygens (including phenoxy) is 1. The van der Waals surface area contributed by atoms with Crippen LogP contribution in [0.3, 0.4) is 0 Å². The lowest BCUT2D eigenvalue weighted by Gasteiger charge is -2.06. The number of thioether (sulfide) groups is 1. The molecule has 4 heteroatoms. The Bertz CT molecular complexity index is 320. The van der Waals surface area contributed by atoms with Gasteiger partial charge in [-0.2, -0.15) is 0 Å². The van der Waals surface area contributed by atoms with Crippen LogP contribution in [-0.4, -0.2) is 26.0 Å². The van der Waals surface area contributed by atoms with Crippen LogP contribution in [0.15, 0.2) is 23.1 Å². The first-order chi connectivity index (χ1) is 7.77. The Balaban J connectivity index is 2.46. The van der Waals surface area contributed by atoms with Crippen molar-refractivity contribution in [3.05, 3.63) is 28.8 Å². The molecule has 0 aliphatic heterocycles. The van der Waals surface area contributed by atoms with Crippen molar-refractivity contribution in [1.29, 1.82) is 0 Å². The summed E-state index contributed by atoms with van der Waals surface area (Å²) in [4.78, 5) is 1.21. The molecule has 0 spiro atoms. The fourth-order valence-corrected chi connectivity index (χ4v) is 2.57. The van der Waals surface area contributed by atoms with E-state index in [1.807, 2.05) is 6.07 Å². The summed E-state index contributed by atoms with van der Waals surface area (Å²) in [5.41, 5.74) is 6.63. The van der Waals surface area contributed by atoms with E-state index in [2.05, 4.69) is 12.1 Å². The number of hydrogen-bond acceptors (Lipinski definition) is 3. The number of halogens is 1. The van der Waals surface area contributed by atoms with E-state index < -0.39 is 0 Å². The molecule has 0 aliphatic carbocycles. The van der Waals surface area contributed by atoms with Crippen LogP contribution < -0.4 is 5.73 Å². The van der Waals surface area contributed by atoms with Crippen molar-refractivity contribution in [3.63, 3.8) is 0 Å². The molecule has 0 saturated heterocycles. The molecular weight excluding hydrogens is 242 g/mol. The second kappa shape index (κ2) is 7.96. The van der Waals surface area contributed by atoms with Crippen molar-refractivity contribution in [2.45, 2.75) is 17.7 Å². The van der Waals surface area contributed by atoms with E-state index in [0.717, 1.165) is 35.8 Å². The summed E-state index contributed by atoms with van der Waals surface area (Å²) in [5.74, 6) is 1.06. The molecule has 0 aromatic heterocycles. The van der Waals surface area contributed by atoms with Gasteiger partial charge in [0.05, 0.1) is 0 Å². The number of nitrogens with two attached hydrogens (primary N) is 1. The van der Waals surface area contributed by atoms with E-state index >= 15 is 0 Å². The third kappa shape index (κ3) is 4.74. The fourth-order valence-electron chi connectivity index (χ4n) is 1.37. The quantitative estimate of drug-likeness (QED) is 0.604. The average molecular weight is 260 g/mol. The maximum Gasteiger partial charge on any atom is 0.0470 e. The van der Waals surface area contributed by atoms with Gasteiger partial charge in [-0.15, -0.1) is 11.8 Å².